The largest absolute Gasteiger partial charge is 0.355 e. The summed E-state index contributed by atoms with van der Waals surface area (Å²) in [5, 5.41) is 3.75. The lowest BCUT2D eigenvalue weighted by atomic mass is 9.87. The Kier molecular flexibility index (Phi) is 5.22. The summed E-state index contributed by atoms with van der Waals surface area (Å²) in [5.74, 6) is 0. The Hall–Kier alpha value is -3.32. The summed E-state index contributed by atoms with van der Waals surface area (Å²) in [4.78, 5) is 0. The fraction of sp³-hybridized carbons (Fsp3) is 0.143. The number of anilines is 2. The van der Waals surface area contributed by atoms with Gasteiger partial charge in [0.25, 0.3) is 0 Å². The number of para-hydroxylation sites is 1. The van der Waals surface area contributed by atoms with Crippen molar-refractivity contribution < 1.29 is 0 Å². The summed E-state index contributed by atoms with van der Waals surface area (Å²) in [7, 11) is 0. The van der Waals surface area contributed by atoms with Crippen molar-refractivity contribution in [3.05, 3.63) is 109 Å². The quantitative estimate of drug-likeness (QED) is 0.379. The molecule has 0 spiro atoms. The molecule has 0 saturated carbocycles. The SMILES string of the molecule is CC(C)(C)c1cccc(Nc2c(-c3ccccc3)cccc2-c2ccccc2)c1. The molecular weight excluding hydrogens is 350 g/mol. The molecule has 0 unspecified atom stereocenters. The number of nitrogens with one attached hydrogen (secondary N) is 1. The molecule has 0 saturated heterocycles. The summed E-state index contributed by atoms with van der Waals surface area (Å²) in [6.45, 7) is 6.75. The monoisotopic (exact) mass is 377 g/mol. The van der Waals surface area contributed by atoms with Crippen LogP contribution in [0.15, 0.2) is 103 Å². The van der Waals surface area contributed by atoms with Gasteiger partial charge in [-0.15, -0.1) is 0 Å². The van der Waals surface area contributed by atoms with Gasteiger partial charge in [0.05, 0.1) is 5.69 Å². The van der Waals surface area contributed by atoms with Crippen LogP contribution >= 0.6 is 0 Å². The van der Waals surface area contributed by atoms with Crippen LogP contribution in [-0.2, 0) is 5.41 Å². The van der Waals surface area contributed by atoms with Crippen LogP contribution in [0.5, 0.6) is 0 Å². The summed E-state index contributed by atoms with van der Waals surface area (Å²) in [6, 6.07) is 36.4. The van der Waals surface area contributed by atoms with E-state index >= 15 is 0 Å². The minimum absolute atomic E-state index is 0.110. The molecule has 29 heavy (non-hydrogen) atoms. The van der Waals surface area contributed by atoms with Crippen LogP contribution in [0.2, 0.25) is 0 Å². The molecule has 4 aromatic carbocycles. The highest BCUT2D eigenvalue weighted by Crippen LogP contribution is 2.39. The molecule has 0 bridgehead atoms. The van der Waals surface area contributed by atoms with E-state index in [1.807, 2.05) is 0 Å². The predicted molar refractivity (Wildman–Crippen MR) is 126 cm³/mol. The van der Waals surface area contributed by atoms with E-state index in [1.165, 1.54) is 27.8 Å². The van der Waals surface area contributed by atoms with Crippen molar-refractivity contribution in [2.24, 2.45) is 0 Å². The maximum absolute atomic E-state index is 3.75. The first-order valence-electron chi connectivity index (χ1n) is 10.1. The molecule has 1 N–H and O–H groups in total. The third kappa shape index (κ3) is 4.25. The normalized spacial score (nSPS) is 11.3. The van der Waals surface area contributed by atoms with Gasteiger partial charge in [-0.2, -0.15) is 0 Å². The van der Waals surface area contributed by atoms with Gasteiger partial charge in [-0.1, -0.05) is 112 Å². The molecule has 0 aliphatic carbocycles. The van der Waals surface area contributed by atoms with E-state index in [1.54, 1.807) is 0 Å². The van der Waals surface area contributed by atoms with E-state index in [4.69, 9.17) is 0 Å². The van der Waals surface area contributed by atoms with Crippen molar-refractivity contribution in [2.75, 3.05) is 5.32 Å². The number of hydrogen-bond donors (Lipinski definition) is 1. The van der Waals surface area contributed by atoms with Gasteiger partial charge in [0.1, 0.15) is 0 Å². The topological polar surface area (TPSA) is 12.0 Å². The Balaban J connectivity index is 1.87. The Morgan fingerprint density at radius 2 is 1.07 bits per heavy atom. The maximum Gasteiger partial charge on any atom is 0.0543 e. The Morgan fingerprint density at radius 3 is 1.59 bits per heavy atom. The maximum atomic E-state index is 3.75. The highest BCUT2D eigenvalue weighted by atomic mass is 14.9. The minimum Gasteiger partial charge on any atom is -0.355 e. The van der Waals surface area contributed by atoms with Crippen molar-refractivity contribution in [3.63, 3.8) is 0 Å². The third-order valence-electron chi connectivity index (χ3n) is 5.23. The average molecular weight is 378 g/mol. The molecule has 0 fully saturated rings. The summed E-state index contributed by atoms with van der Waals surface area (Å²) < 4.78 is 0. The number of benzene rings is 4. The first-order valence-corrected chi connectivity index (χ1v) is 10.1. The van der Waals surface area contributed by atoms with Crippen molar-refractivity contribution >= 4 is 11.4 Å². The predicted octanol–water partition coefficient (Wildman–Crippen LogP) is 8.06. The second-order valence-corrected chi connectivity index (χ2v) is 8.42. The molecule has 144 valence electrons. The van der Waals surface area contributed by atoms with Crippen molar-refractivity contribution in [3.8, 4) is 22.3 Å². The van der Waals surface area contributed by atoms with Gasteiger partial charge in [-0.05, 0) is 34.2 Å². The Labute approximate surface area is 174 Å². The van der Waals surface area contributed by atoms with E-state index in [9.17, 15) is 0 Å². The van der Waals surface area contributed by atoms with Crippen LogP contribution in [0.3, 0.4) is 0 Å². The number of rotatable bonds is 4. The standard InChI is InChI=1S/C28H27N/c1-28(2,3)23-16-10-17-24(20-23)29-27-25(21-12-6-4-7-13-21)18-11-19-26(27)22-14-8-5-9-15-22/h4-20,29H,1-3H3. The fourth-order valence-electron chi connectivity index (χ4n) is 3.61. The van der Waals surface area contributed by atoms with E-state index in [-0.39, 0.29) is 5.41 Å². The summed E-state index contributed by atoms with van der Waals surface area (Å²) in [6.07, 6.45) is 0. The fourth-order valence-corrected chi connectivity index (χ4v) is 3.61. The van der Waals surface area contributed by atoms with Gasteiger partial charge in [0.15, 0.2) is 0 Å². The lowest BCUT2D eigenvalue weighted by Crippen LogP contribution is -2.11. The van der Waals surface area contributed by atoms with Gasteiger partial charge < -0.3 is 5.32 Å². The first-order chi connectivity index (χ1) is 14.0. The summed E-state index contributed by atoms with van der Waals surface area (Å²) >= 11 is 0. The molecule has 0 amide bonds. The zero-order valence-corrected chi connectivity index (χ0v) is 17.3. The smallest absolute Gasteiger partial charge is 0.0543 e. The van der Waals surface area contributed by atoms with Gasteiger partial charge in [-0.3, -0.25) is 0 Å². The molecule has 4 aromatic rings. The molecule has 1 nitrogen and oxygen atoms in total. The van der Waals surface area contributed by atoms with Crippen LogP contribution in [0.4, 0.5) is 11.4 Å². The van der Waals surface area contributed by atoms with Crippen LogP contribution in [-0.4, -0.2) is 0 Å². The molecule has 0 heterocycles. The highest BCUT2D eigenvalue weighted by Gasteiger charge is 2.16. The third-order valence-corrected chi connectivity index (χ3v) is 5.23. The average Bonchev–Trinajstić information content (AvgIpc) is 2.75. The van der Waals surface area contributed by atoms with E-state index in [0.717, 1.165) is 11.4 Å². The number of hydrogen-bond acceptors (Lipinski definition) is 1. The molecule has 0 radical (unpaired) electrons. The molecule has 0 aliphatic heterocycles. The Morgan fingerprint density at radius 1 is 0.552 bits per heavy atom. The van der Waals surface area contributed by atoms with Gasteiger partial charge in [-0.25, -0.2) is 0 Å². The first kappa shape index (κ1) is 19.0. The van der Waals surface area contributed by atoms with Crippen molar-refractivity contribution in [1.29, 1.82) is 0 Å². The van der Waals surface area contributed by atoms with Crippen LogP contribution in [0.25, 0.3) is 22.3 Å². The molecule has 0 atom stereocenters. The van der Waals surface area contributed by atoms with E-state index in [2.05, 4.69) is 129 Å². The zero-order valence-electron chi connectivity index (χ0n) is 17.3. The van der Waals surface area contributed by atoms with Gasteiger partial charge in [0, 0.05) is 16.8 Å². The van der Waals surface area contributed by atoms with Gasteiger partial charge >= 0.3 is 0 Å². The van der Waals surface area contributed by atoms with Crippen LogP contribution in [0.1, 0.15) is 26.3 Å². The van der Waals surface area contributed by atoms with E-state index < -0.39 is 0 Å². The van der Waals surface area contributed by atoms with E-state index in [0.29, 0.717) is 0 Å². The zero-order chi connectivity index (χ0) is 20.3. The highest BCUT2D eigenvalue weighted by molar-refractivity contribution is 5.92. The lowest BCUT2D eigenvalue weighted by Gasteiger charge is -2.22. The molecule has 4 rings (SSSR count). The van der Waals surface area contributed by atoms with Crippen molar-refractivity contribution in [2.45, 2.75) is 26.2 Å². The van der Waals surface area contributed by atoms with Crippen LogP contribution < -0.4 is 5.32 Å². The minimum atomic E-state index is 0.110. The second-order valence-electron chi connectivity index (χ2n) is 8.42. The van der Waals surface area contributed by atoms with Crippen LogP contribution in [0, 0.1) is 0 Å². The van der Waals surface area contributed by atoms with Gasteiger partial charge in [0.2, 0.25) is 0 Å². The molecule has 0 aromatic heterocycles. The second kappa shape index (κ2) is 7.97. The lowest BCUT2D eigenvalue weighted by molar-refractivity contribution is 0.590. The molecule has 0 aliphatic rings. The molecular formula is C28H27N. The molecule has 1 heteroatoms. The Bertz CT molecular complexity index is 1030. The van der Waals surface area contributed by atoms with Crippen molar-refractivity contribution in [1.82, 2.24) is 0 Å². The summed E-state index contributed by atoms with van der Waals surface area (Å²) in [5.41, 5.74) is 8.49.